The number of rotatable bonds is 5. The topological polar surface area (TPSA) is 121 Å². The Hall–Kier alpha value is -4.29. The summed E-state index contributed by atoms with van der Waals surface area (Å²) >= 11 is 0. The number of carbonyl (C=O) groups is 2. The second-order valence-electron chi connectivity index (χ2n) is 8.35. The van der Waals surface area contributed by atoms with E-state index in [0.29, 0.717) is 29.8 Å². The molecule has 186 valence electrons. The number of carbonyl (C=O) groups excluding carboxylic acids is 2. The van der Waals surface area contributed by atoms with Gasteiger partial charge in [0, 0.05) is 24.5 Å². The molecule has 1 unspecified atom stereocenters. The number of nitrogens with zero attached hydrogens (tertiary/aromatic N) is 6. The van der Waals surface area contributed by atoms with Gasteiger partial charge in [0.15, 0.2) is 0 Å². The third-order valence-corrected chi connectivity index (χ3v) is 6.07. The van der Waals surface area contributed by atoms with Gasteiger partial charge in [0.25, 0.3) is 11.7 Å². The third-order valence-electron chi connectivity index (χ3n) is 6.07. The van der Waals surface area contributed by atoms with E-state index in [9.17, 15) is 22.8 Å². The van der Waals surface area contributed by atoms with Crippen LogP contribution in [0.2, 0.25) is 0 Å². The number of H-pyrrole nitrogens is 1. The fraction of sp³-hybridized carbons (Fsp3) is 0.304. The van der Waals surface area contributed by atoms with Crippen molar-refractivity contribution in [3.63, 3.8) is 0 Å². The van der Waals surface area contributed by atoms with Crippen LogP contribution in [0.15, 0.2) is 48.9 Å². The third kappa shape index (κ3) is 4.63. The van der Waals surface area contributed by atoms with E-state index in [-0.39, 0.29) is 30.1 Å². The lowest BCUT2D eigenvalue weighted by Gasteiger charge is -2.35. The lowest BCUT2D eigenvalue weighted by molar-refractivity contribution is -0.137. The molecule has 3 aromatic heterocycles. The predicted octanol–water partition coefficient (Wildman–Crippen LogP) is 3.02. The Morgan fingerprint density at radius 3 is 2.72 bits per heavy atom. The predicted molar refractivity (Wildman–Crippen MR) is 120 cm³/mol. The minimum absolute atomic E-state index is 0.102. The number of aromatic amines is 1. The SMILES string of the molecule is O=C(NCC(=O)N1CCCCC1c1[nH]ncc1-c1ccc(C(F)(F)F)cc1)c1nc2ncccn2n1. The van der Waals surface area contributed by atoms with Crippen LogP contribution in [0.4, 0.5) is 13.2 Å². The Bertz CT molecular complexity index is 1360. The maximum Gasteiger partial charge on any atom is 0.416 e. The quantitative estimate of drug-likeness (QED) is 0.436. The van der Waals surface area contributed by atoms with Crippen molar-refractivity contribution in [2.75, 3.05) is 13.1 Å². The van der Waals surface area contributed by atoms with E-state index in [1.165, 1.54) is 22.8 Å². The van der Waals surface area contributed by atoms with Crippen LogP contribution in [-0.4, -0.2) is 59.6 Å². The molecular formula is C23H21F3N8O2. The second kappa shape index (κ2) is 9.40. The number of hydrogen-bond acceptors (Lipinski definition) is 6. The lowest BCUT2D eigenvalue weighted by Crippen LogP contribution is -2.44. The summed E-state index contributed by atoms with van der Waals surface area (Å²) in [6.07, 6.45) is 2.55. The molecule has 13 heteroatoms. The first-order chi connectivity index (χ1) is 17.3. The Labute approximate surface area is 202 Å². The lowest BCUT2D eigenvalue weighted by atomic mass is 9.94. The summed E-state index contributed by atoms with van der Waals surface area (Å²) in [4.78, 5) is 35.3. The van der Waals surface area contributed by atoms with Crippen LogP contribution in [0.1, 0.15) is 47.2 Å². The first-order valence-electron chi connectivity index (χ1n) is 11.3. The highest BCUT2D eigenvalue weighted by Crippen LogP contribution is 2.37. The largest absolute Gasteiger partial charge is 0.416 e. The molecule has 0 saturated carbocycles. The summed E-state index contributed by atoms with van der Waals surface area (Å²) in [5.41, 5.74) is 1.09. The Morgan fingerprint density at radius 1 is 1.17 bits per heavy atom. The molecule has 0 aliphatic carbocycles. The summed E-state index contributed by atoms with van der Waals surface area (Å²) in [5, 5.41) is 13.6. The van der Waals surface area contributed by atoms with Crippen LogP contribution in [0.25, 0.3) is 16.9 Å². The molecule has 5 rings (SSSR count). The normalized spacial score (nSPS) is 16.3. The minimum Gasteiger partial charge on any atom is -0.340 e. The van der Waals surface area contributed by atoms with Crippen molar-refractivity contribution < 1.29 is 22.8 Å². The van der Waals surface area contributed by atoms with Gasteiger partial charge in [-0.1, -0.05) is 12.1 Å². The summed E-state index contributed by atoms with van der Waals surface area (Å²) in [6, 6.07) is 6.12. The van der Waals surface area contributed by atoms with Crippen molar-refractivity contribution in [3.8, 4) is 11.1 Å². The van der Waals surface area contributed by atoms with Gasteiger partial charge in [-0.15, -0.1) is 5.10 Å². The second-order valence-corrected chi connectivity index (χ2v) is 8.35. The first-order valence-corrected chi connectivity index (χ1v) is 11.3. The zero-order chi connectivity index (χ0) is 25.3. The molecule has 1 saturated heterocycles. The Balaban J connectivity index is 1.31. The van der Waals surface area contributed by atoms with E-state index in [0.717, 1.165) is 25.0 Å². The summed E-state index contributed by atoms with van der Waals surface area (Å²) < 4.78 is 40.2. The van der Waals surface area contributed by atoms with Gasteiger partial charge in [0.1, 0.15) is 0 Å². The van der Waals surface area contributed by atoms with Crippen LogP contribution in [0.3, 0.4) is 0 Å². The molecule has 1 aromatic carbocycles. The number of nitrogens with one attached hydrogen (secondary N) is 2. The van der Waals surface area contributed by atoms with Crippen LogP contribution in [0.5, 0.6) is 0 Å². The summed E-state index contributed by atoms with van der Waals surface area (Å²) in [7, 11) is 0. The summed E-state index contributed by atoms with van der Waals surface area (Å²) in [6.45, 7) is 0.212. The Kier molecular flexibility index (Phi) is 6.12. The molecule has 10 nitrogen and oxygen atoms in total. The van der Waals surface area contributed by atoms with Crippen molar-refractivity contribution in [2.24, 2.45) is 0 Å². The molecule has 4 aromatic rings. The molecule has 1 aliphatic heterocycles. The van der Waals surface area contributed by atoms with E-state index in [1.54, 1.807) is 23.4 Å². The maximum absolute atomic E-state index is 13.1. The number of hydrogen-bond donors (Lipinski definition) is 2. The van der Waals surface area contributed by atoms with Crippen molar-refractivity contribution in [1.82, 2.24) is 40.0 Å². The van der Waals surface area contributed by atoms with Crippen molar-refractivity contribution in [1.29, 1.82) is 0 Å². The minimum atomic E-state index is -4.43. The fourth-order valence-corrected chi connectivity index (χ4v) is 4.31. The smallest absolute Gasteiger partial charge is 0.340 e. The summed E-state index contributed by atoms with van der Waals surface area (Å²) in [5.74, 6) is -0.743. The van der Waals surface area contributed by atoms with E-state index in [1.807, 2.05) is 0 Å². The molecule has 0 spiro atoms. The number of likely N-dealkylation sites (tertiary alicyclic amines) is 1. The van der Waals surface area contributed by atoms with Crippen molar-refractivity contribution >= 4 is 17.6 Å². The van der Waals surface area contributed by atoms with E-state index in [2.05, 4.69) is 30.6 Å². The number of alkyl halides is 3. The van der Waals surface area contributed by atoms with Crippen LogP contribution in [0, 0.1) is 0 Å². The van der Waals surface area contributed by atoms with E-state index >= 15 is 0 Å². The molecule has 36 heavy (non-hydrogen) atoms. The van der Waals surface area contributed by atoms with Gasteiger partial charge in [0.2, 0.25) is 11.7 Å². The fourth-order valence-electron chi connectivity index (χ4n) is 4.31. The zero-order valence-electron chi connectivity index (χ0n) is 18.9. The molecule has 2 amide bonds. The molecule has 1 fully saturated rings. The van der Waals surface area contributed by atoms with E-state index in [4.69, 9.17) is 0 Å². The van der Waals surface area contributed by atoms with Gasteiger partial charge < -0.3 is 10.2 Å². The molecule has 2 N–H and O–H groups in total. The standard InChI is InChI=1S/C23H21F3N8O2/c24-23(25,26)15-7-5-14(6-8-15)16-12-29-31-19(16)17-4-1-2-10-33(17)18(35)13-28-21(36)20-30-22-27-9-3-11-34(22)32-20/h3,5-9,11-12,17H,1-2,4,10,13H2,(H,28,36)(H,29,31). The Morgan fingerprint density at radius 2 is 1.97 bits per heavy atom. The molecule has 1 atom stereocenters. The highest BCUT2D eigenvalue weighted by atomic mass is 19.4. The van der Waals surface area contributed by atoms with Crippen LogP contribution < -0.4 is 5.32 Å². The number of piperidine rings is 1. The molecule has 0 bridgehead atoms. The van der Waals surface area contributed by atoms with E-state index < -0.39 is 17.6 Å². The number of benzene rings is 1. The van der Waals surface area contributed by atoms with Gasteiger partial charge in [0.05, 0.1) is 30.0 Å². The van der Waals surface area contributed by atoms with Crippen molar-refractivity contribution in [3.05, 3.63) is 66.0 Å². The zero-order valence-corrected chi connectivity index (χ0v) is 18.9. The molecular weight excluding hydrogens is 477 g/mol. The van der Waals surface area contributed by atoms with Gasteiger partial charge in [-0.2, -0.15) is 23.3 Å². The number of halogens is 3. The van der Waals surface area contributed by atoms with Gasteiger partial charge in [-0.3, -0.25) is 14.7 Å². The van der Waals surface area contributed by atoms with Crippen molar-refractivity contribution in [2.45, 2.75) is 31.5 Å². The van der Waals surface area contributed by atoms with Gasteiger partial charge >= 0.3 is 6.18 Å². The monoisotopic (exact) mass is 498 g/mol. The van der Waals surface area contributed by atoms with Gasteiger partial charge in [-0.05, 0) is 43.0 Å². The van der Waals surface area contributed by atoms with Crippen LogP contribution in [-0.2, 0) is 11.0 Å². The van der Waals surface area contributed by atoms with Gasteiger partial charge in [-0.25, -0.2) is 9.50 Å². The van der Waals surface area contributed by atoms with Crippen LogP contribution >= 0.6 is 0 Å². The average Bonchev–Trinajstić information content (AvgIpc) is 3.54. The molecule has 4 heterocycles. The highest BCUT2D eigenvalue weighted by Gasteiger charge is 2.32. The molecule has 0 radical (unpaired) electrons. The maximum atomic E-state index is 13.1. The number of fused-ring (bicyclic) bond motifs is 1. The highest BCUT2D eigenvalue weighted by molar-refractivity contribution is 5.93. The average molecular weight is 498 g/mol. The number of aromatic nitrogens is 6. The number of amides is 2. The first kappa shape index (κ1) is 23.5. The molecule has 1 aliphatic rings.